The second-order valence-corrected chi connectivity index (χ2v) is 6.08. The number of halogens is 1. The van der Waals surface area contributed by atoms with Gasteiger partial charge in [0.15, 0.2) is 0 Å². The van der Waals surface area contributed by atoms with Crippen LogP contribution in [0.15, 0.2) is 30.3 Å². The molecule has 1 fully saturated rings. The molecule has 106 valence electrons. The molecule has 1 aromatic carbocycles. The van der Waals surface area contributed by atoms with E-state index in [2.05, 4.69) is 5.32 Å². The number of thioether (sulfide) groups is 1. The molecule has 0 aliphatic carbocycles. The molecule has 0 spiro atoms. The quantitative estimate of drug-likeness (QED) is 0.874. The Morgan fingerprint density at radius 1 is 1.42 bits per heavy atom. The van der Waals surface area contributed by atoms with Crippen LogP contribution in [0.1, 0.15) is 18.4 Å². The van der Waals surface area contributed by atoms with Crippen LogP contribution in [-0.4, -0.2) is 29.5 Å². The van der Waals surface area contributed by atoms with E-state index in [-0.39, 0.29) is 18.3 Å². The minimum absolute atomic E-state index is 0. The Morgan fingerprint density at radius 3 is 2.79 bits per heavy atom. The molecule has 3 nitrogen and oxygen atoms in total. The number of benzene rings is 1. The predicted octanol–water partition coefficient (Wildman–Crippen LogP) is 1.99. The van der Waals surface area contributed by atoms with E-state index in [0.29, 0.717) is 11.7 Å². The van der Waals surface area contributed by atoms with E-state index in [9.17, 15) is 4.79 Å². The first-order valence-electron chi connectivity index (χ1n) is 6.44. The number of hydrogen-bond donors (Lipinski definition) is 2. The predicted molar refractivity (Wildman–Crippen MR) is 83.9 cm³/mol. The van der Waals surface area contributed by atoms with Crippen LogP contribution in [0.3, 0.4) is 0 Å². The normalized spacial score (nSPS) is 19.5. The molecule has 2 atom stereocenters. The van der Waals surface area contributed by atoms with E-state index in [1.165, 1.54) is 18.6 Å². The van der Waals surface area contributed by atoms with E-state index in [4.69, 9.17) is 5.73 Å². The highest BCUT2D eigenvalue weighted by Gasteiger charge is 2.18. The first-order chi connectivity index (χ1) is 8.75. The van der Waals surface area contributed by atoms with Crippen molar-refractivity contribution in [2.45, 2.75) is 30.6 Å². The van der Waals surface area contributed by atoms with Gasteiger partial charge in [0.1, 0.15) is 0 Å². The Hall–Kier alpha value is -0.710. The van der Waals surface area contributed by atoms with Gasteiger partial charge in [0.05, 0.1) is 6.04 Å². The first-order valence-corrected chi connectivity index (χ1v) is 7.49. The van der Waals surface area contributed by atoms with Crippen LogP contribution in [0, 0.1) is 0 Å². The van der Waals surface area contributed by atoms with Crippen molar-refractivity contribution in [3.8, 4) is 0 Å². The third-order valence-corrected chi connectivity index (χ3v) is 4.56. The fourth-order valence-corrected chi connectivity index (χ4v) is 3.31. The van der Waals surface area contributed by atoms with E-state index in [0.717, 1.165) is 12.1 Å². The molecular formula is C14H21ClN2OS. The maximum Gasteiger partial charge on any atom is 0.237 e. The lowest BCUT2D eigenvalue weighted by Crippen LogP contribution is -2.43. The minimum Gasteiger partial charge on any atom is -0.354 e. The van der Waals surface area contributed by atoms with Crippen molar-refractivity contribution >= 4 is 30.1 Å². The largest absolute Gasteiger partial charge is 0.354 e. The van der Waals surface area contributed by atoms with Gasteiger partial charge in [0.25, 0.3) is 0 Å². The maximum atomic E-state index is 11.9. The lowest BCUT2D eigenvalue weighted by Gasteiger charge is -2.14. The van der Waals surface area contributed by atoms with E-state index >= 15 is 0 Å². The van der Waals surface area contributed by atoms with Gasteiger partial charge in [0, 0.05) is 11.8 Å². The molecule has 0 saturated carbocycles. The molecule has 1 saturated heterocycles. The van der Waals surface area contributed by atoms with Crippen LogP contribution < -0.4 is 11.1 Å². The monoisotopic (exact) mass is 300 g/mol. The number of nitrogens with one attached hydrogen (secondary N) is 1. The van der Waals surface area contributed by atoms with Gasteiger partial charge in [-0.05, 0) is 30.6 Å². The molecule has 1 aliphatic heterocycles. The number of carbonyl (C=O) groups excluding carboxylic acids is 1. The fraction of sp³-hybridized carbons (Fsp3) is 0.500. The summed E-state index contributed by atoms with van der Waals surface area (Å²) in [6, 6.07) is 9.45. The molecule has 1 aromatic rings. The number of amides is 1. The Labute approximate surface area is 125 Å². The van der Waals surface area contributed by atoms with Crippen molar-refractivity contribution in [2.24, 2.45) is 5.73 Å². The second-order valence-electron chi connectivity index (χ2n) is 4.68. The Bertz CT molecular complexity index is 382. The van der Waals surface area contributed by atoms with Crippen molar-refractivity contribution < 1.29 is 4.79 Å². The third kappa shape index (κ3) is 5.43. The minimum atomic E-state index is -0.446. The molecule has 5 heteroatoms. The van der Waals surface area contributed by atoms with Crippen molar-refractivity contribution in [3.63, 3.8) is 0 Å². The maximum absolute atomic E-state index is 11.9. The number of rotatable bonds is 5. The Balaban J connectivity index is 0.00000180. The van der Waals surface area contributed by atoms with E-state index in [1.807, 2.05) is 42.1 Å². The molecule has 19 heavy (non-hydrogen) atoms. The topological polar surface area (TPSA) is 55.1 Å². The van der Waals surface area contributed by atoms with Gasteiger partial charge in [-0.15, -0.1) is 12.4 Å². The van der Waals surface area contributed by atoms with Crippen LogP contribution >= 0.6 is 24.2 Å². The summed E-state index contributed by atoms with van der Waals surface area (Å²) in [4.78, 5) is 11.9. The molecule has 1 amide bonds. The summed E-state index contributed by atoms with van der Waals surface area (Å²) in [5.74, 6) is 1.18. The summed E-state index contributed by atoms with van der Waals surface area (Å²) in [6.45, 7) is 0.756. The third-order valence-electron chi connectivity index (χ3n) is 3.16. The average molecular weight is 301 g/mol. The van der Waals surface area contributed by atoms with Gasteiger partial charge in [-0.2, -0.15) is 11.8 Å². The van der Waals surface area contributed by atoms with Crippen LogP contribution in [0.4, 0.5) is 0 Å². The molecule has 3 N–H and O–H groups in total. The zero-order valence-electron chi connectivity index (χ0n) is 10.9. The zero-order chi connectivity index (χ0) is 12.8. The highest BCUT2D eigenvalue weighted by atomic mass is 35.5. The molecule has 0 radical (unpaired) electrons. The van der Waals surface area contributed by atoms with Crippen LogP contribution in [0.25, 0.3) is 0 Å². The zero-order valence-corrected chi connectivity index (χ0v) is 12.5. The molecule has 2 unspecified atom stereocenters. The number of hydrogen-bond acceptors (Lipinski definition) is 3. The number of nitrogens with two attached hydrogens (primary N) is 1. The van der Waals surface area contributed by atoms with Gasteiger partial charge >= 0.3 is 0 Å². The summed E-state index contributed by atoms with van der Waals surface area (Å²) in [5.41, 5.74) is 7.02. The van der Waals surface area contributed by atoms with Gasteiger partial charge in [-0.25, -0.2) is 0 Å². The molecule has 0 aromatic heterocycles. The lowest BCUT2D eigenvalue weighted by molar-refractivity contribution is -0.122. The van der Waals surface area contributed by atoms with Crippen molar-refractivity contribution in [1.29, 1.82) is 0 Å². The summed E-state index contributed by atoms with van der Waals surface area (Å²) in [5, 5.41) is 3.54. The van der Waals surface area contributed by atoms with Crippen molar-refractivity contribution in [1.82, 2.24) is 5.32 Å². The standard InChI is InChI=1S/C14H20N2OS.ClH/c15-13(9-11-5-2-1-3-6-11)14(17)16-10-12-7-4-8-18-12;/h1-3,5-6,12-13H,4,7-10,15H2,(H,16,17);1H. The van der Waals surface area contributed by atoms with Crippen molar-refractivity contribution in [2.75, 3.05) is 12.3 Å². The summed E-state index contributed by atoms with van der Waals surface area (Å²) < 4.78 is 0. The van der Waals surface area contributed by atoms with Gasteiger partial charge < -0.3 is 11.1 Å². The molecule has 0 bridgehead atoms. The van der Waals surface area contributed by atoms with E-state index in [1.54, 1.807) is 0 Å². The van der Waals surface area contributed by atoms with E-state index < -0.39 is 6.04 Å². The van der Waals surface area contributed by atoms with Gasteiger partial charge in [-0.1, -0.05) is 30.3 Å². The summed E-state index contributed by atoms with van der Waals surface area (Å²) in [7, 11) is 0. The average Bonchev–Trinajstić information content (AvgIpc) is 2.90. The number of carbonyl (C=O) groups is 1. The SMILES string of the molecule is Cl.NC(Cc1ccccc1)C(=O)NCC1CCCS1. The van der Waals surface area contributed by atoms with Crippen LogP contribution in [0.5, 0.6) is 0 Å². The highest BCUT2D eigenvalue weighted by molar-refractivity contribution is 8.00. The highest BCUT2D eigenvalue weighted by Crippen LogP contribution is 2.25. The summed E-state index contributed by atoms with van der Waals surface area (Å²) >= 11 is 1.94. The van der Waals surface area contributed by atoms with Crippen molar-refractivity contribution in [3.05, 3.63) is 35.9 Å². The molecule has 1 heterocycles. The van der Waals surface area contributed by atoms with Crippen LogP contribution in [-0.2, 0) is 11.2 Å². The molecular weight excluding hydrogens is 280 g/mol. The molecule has 1 aliphatic rings. The lowest BCUT2D eigenvalue weighted by atomic mass is 10.1. The Morgan fingerprint density at radius 2 is 2.16 bits per heavy atom. The Kier molecular flexibility index (Phi) is 7.28. The van der Waals surface area contributed by atoms with Gasteiger partial charge in [-0.3, -0.25) is 4.79 Å². The first kappa shape index (κ1) is 16.3. The smallest absolute Gasteiger partial charge is 0.237 e. The second kappa shape index (κ2) is 8.46. The fourth-order valence-electron chi connectivity index (χ4n) is 2.11. The molecule has 2 rings (SSSR count). The van der Waals surface area contributed by atoms with Gasteiger partial charge in [0.2, 0.25) is 5.91 Å². The van der Waals surface area contributed by atoms with Crippen LogP contribution in [0.2, 0.25) is 0 Å². The summed E-state index contributed by atoms with van der Waals surface area (Å²) in [6.07, 6.45) is 3.07.